The number of rotatable bonds is 6. The largest absolute Gasteiger partial charge is 0.313 e. The Morgan fingerprint density at radius 3 is 2.22 bits per heavy atom. The zero-order chi connectivity index (χ0) is 13.8. The van der Waals surface area contributed by atoms with Crippen molar-refractivity contribution in [1.29, 1.82) is 0 Å². The van der Waals surface area contributed by atoms with Gasteiger partial charge in [-0.05, 0) is 44.6 Å². The average molecular weight is 254 g/mol. The molecule has 1 fully saturated rings. The molecule has 0 aromatic carbocycles. The first-order valence-electron chi connectivity index (χ1n) is 7.81. The molecule has 2 heteroatoms. The molecule has 0 radical (unpaired) electrons. The van der Waals surface area contributed by atoms with E-state index in [-0.39, 0.29) is 0 Å². The SMILES string of the molecule is CCC(CNC(C)C)N(C)C1CCC(C)(C)CC1. The molecule has 1 aliphatic rings. The number of hydrogen-bond acceptors (Lipinski definition) is 2. The summed E-state index contributed by atoms with van der Waals surface area (Å²) in [5, 5.41) is 3.59. The summed E-state index contributed by atoms with van der Waals surface area (Å²) in [6.45, 7) is 12.7. The van der Waals surface area contributed by atoms with Crippen LogP contribution < -0.4 is 5.32 Å². The van der Waals surface area contributed by atoms with E-state index in [1.807, 2.05) is 0 Å². The van der Waals surface area contributed by atoms with Crippen molar-refractivity contribution in [3.8, 4) is 0 Å². The molecule has 0 bridgehead atoms. The summed E-state index contributed by atoms with van der Waals surface area (Å²) in [7, 11) is 2.33. The fourth-order valence-corrected chi connectivity index (χ4v) is 3.04. The lowest BCUT2D eigenvalue weighted by atomic mass is 9.75. The van der Waals surface area contributed by atoms with E-state index in [1.165, 1.54) is 32.1 Å². The second-order valence-corrected chi connectivity index (χ2v) is 7.19. The van der Waals surface area contributed by atoms with Crippen molar-refractivity contribution in [2.45, 2.75) is 84.8 Å². The summed E-state index contributed by atoms with van der Waals surface area (Å²) in [6, 6.07) is 2.09. The summed E-state index contributed by atoms with van der Waals surface area (Å²) in [6.07, 6.45) is 6.77. The third-order valence-corrected chi connectivity index (χ3v) is 4.69. The van der Waals surface area contributed by atoms with Gasteiger partial charge in [-0.1, -0.05) is 34.6 Å². The maximum absolute atomic E-state index is 3.59. The quantitative estimate of drug-likeness (QED) is 0.778. The number of nitrogens with one attached hydrogen (secondary N) is 1. The third-order valence-electron chi connectivity index (χ3n) is 4.69. The maximum atomic E-state index is 3.59. The fourth-order valence-electron chi connectivity index (χ4n) is 3.04. The molecule has 1 N–H and O–H groups in total. The first kappa shape index (κ1) is 16.0. The van der Waals surface area contributed by atoms with Crippen LogP contribution in [0.4, 0.5) is 0 Å². The van der Waals surface area contributed by atoms with E-state index < -0.39 is 0 Å². The topological polar surface area (TPSA) is 15.3 Å². The monoisotopic (exact) mass is 254 g/mol. The molecule has 0 aromatic heterocycles. The first-order valence-corrected chi connectivity index (χ1v) is 7.81. The van der Waals surface area contributed by atoms with Crippen LogP contribution in [0.3, 0.4) is 0 Å². The molecule has 1 atom stereocenters. The van der Waals surface area contributed by atoms with Gasteiger partial charge in [0.15, 0.2) is 0 Å². The molecule has 2 nitrogen and oxygen atoms in total. The van der Waals surface area contributed by atoms with Gasteiger partial charge in [-0.3, -0.25) is 4.90 Å². The molecule has 18 heavy (non-hydrogen) atoms. The summed E-state index contributed by atoms with van der Waals surface area (Å²) in [4.78, 5) is 2.64. The molecule has 0 saturated heterocycles. The zero-order valence-corrected chi connectivity index (χ0v) is 13.4. The van der Waals surface area contributed by atoms with Crippen LogP contribution in [0.25, 0.3) is 0 Å². The molecule has 0 heterocycles. The van der Waals surface area contributed by atoms with Crippen LogP contribution in [0.15, 0.2) is 0 Å². The van der Waals surface area contributed by atoms with E-state index in [9.17, 15) is 0 Å². The van der Waals surface area contributed by atoms with Crippen molar-refractivity contribution in [2.75, 3.05) is 13.6 Å². The molecule has 1 saturated carbocycles. The van der Waals surface area contributed by atoms with Crippen LogP contribution in [-0.2, 0) is 0 Å². The standard InChI is InChI=1S/C16H34N2/c1-7-14(12-17-13(2)3)18(6)15-8-10-16(4,5)11-9-15/h13-15,17H,7-12H2,1-6H3. The number of likely N-dealkylation sites (N-methyl/N-ethyl adjacent to an activating group) is 1. The Kier molecular flexibility index (Phi) is 6.13. The maximum Gasteiger partial charge on any atom is 0.0217 e. The summed E-state index contributed by atoms with van der Waals surface area (Å²) in [5.41, 5.74) is 0.579. The van der Waals surface area contributed by atoms with Gasteiger partial charge in [-0.25, -0.2) is 0 Å². The Hall–Kier alpha value is -0.0800. The second-order valence-electron chi connectivity index (χ2n) is 7.19. The summed E-state index contributed by atoms with van der Waals surface area (Å²) in [5.74, 6) is 0. The van der Waals surface area contributed by atoms with E-state index in [0.717, 1.165) is 12.6 Å². The smallest absolute Gasteiger partial charge is 0.0217 e. The molecule has 1 aliphatic carbocycles. The van der Waals surface area contributed by atoms with E-state index in [2.05, 4.69) is 51.9 Å². The number of nitrogens with zero attached hydrogens (tertiary/aromatic N) is 1. The predicted molar refractivity (Wildman–Crippen MR) is 81.0 cm³/mol. The van der Waals surface area contributed by atoms with Crippen LogP contribution in [0.1, 0.15) is 66.7 Å². The molecular formula is C16H34N2. The van der Waals surface area contributed by atoms with Gasteiger partial charge in [0, 0.05) is 24.7 Å². The van der Waals surface area contributed by atoms with Gasteiger partial charge in [0.2, 0.25) is 0 Å². The minimum Gasteiger partial charge on any atom is -0.313 e. The van der Waals surface area contributed by atoms with Crippen LogP contribution in [0.5, 0.6) is 0 Å². The molecule has 0 aromatic rings. The Balaban J connectivity index is 2.44. The molecular weight excluding hydrogens is 220 g/mol. The van der Waals surface area contributed by atoms with Crippen LogP contribution in [-0.4, -0.2) is 36.6 Å². The highest BCUT2D eigenvalue weighted by Gasteiger charge is 2.30. The fraction of sp³-hybridized carbons (Fsp3) is 1.00. The second kappa shape index (κ2) is 6.91. The molecule has 0 aliphatic heterocycles. The van der Waals surface area contributed by atoms with E-state index in [4.69, 9.17) is 0 Å². The third kappa shape index (κ3) is 4.89. The van der Waals surface area contributed by atoms with Crippen LogP contribution >= 0.6 is 0 Å². The van der Waals surface area contributed by atoms with Gasteiger partial charge < -0.3 is 5.32 Å². The highest BCUT2D eigenvalue weighted by Crippen LogP contribution is 2.37. The predicted octanol–water partition coefficient (Wildman–Crippen LogP) is 3.66. The Morgan fingerprint density at radius 2 is 1.78 bits per heavy atom. The van der Waals surface area contributed by atoms with Crippen LogP contribution in [0.2, 0.25) is 0 Å². The van der Waals surface area contributed by atoms with Crippen molar-refractivity contribution in [1.82, 2.24) is 10.2 Å². The highest BCUT2D eigenvalue weighted by molar-refractivity contribution is 4.85. The lowest BCUT2D eigenvalue weighted by Gasteiger charge is -2.42. The minimum atomic E-state index is 0.579. The Labute approximate surface area is 115 Å². The molecule has 1 unspecified atom stereocenters. The first-order chi connectivity index (χ1) is 8.35. The summed E-state index contributed by atoms with van der Waals surface area (Å²) >= 11 is 0. The van der Waals surface area contributed by atoms with Gasteiger partial charge in [0.25, 0.3) is 0 Å². The Morgan fingerprint density at radius 1 is 1.22 bits per heavy atom. The molecule has 108 valence electrons. The lowest BCUT2D eigenvalue weighted by Crippen LogP contribution is -2.48. The van der Waals surface area contributed by atoms with Crippen molar-refractivity contribution < 1.29 is 0 Å². The zero-order valence-electron chi connectivity index (χ0n) is 13.4. The lowest BCUT2D eigenvalue weighted by molar-refractivity contribution is 0.0910. The van der Waals surface area contributed by atoms with Crippen molar-refractivity contribution in [3.05, 3.63) is 0 Å². The normalized spacial score (nSPS) is 22.7. The van der Waals surface area contributed by atoms with Gasteiger partial charge in [0.1, 0.15) is 0 Å². The van der Waals surface area contributed by atoms with Crippen LogP contribution in [0, 0.1) is 5.41 Å². The molecule has 0 spiro atoms. The van der Waals surface area contributed by atoms with Crippen molar-refractivity contribution in [3.63, 3.8) is 0 Å². The average Bonchev–Trinajstić information content (AvgIpc) is 2.29. The van der Waals surface area contributed by atoms with Crippen molar-refractivity contribution >= 4 is 0 Å². The van der Waals surface area contributed by atoms with Gasteiger partial charge in [0.05, 0.1) is 0 Å². The minimum absolute atomic E-state index is 0.579. The van der Waals surface area contributed by atoms with Gasteiger partial charge >= 0.3 is 0 Å². The summed E-state index contributed by atoms with van der Waals surface area (Å²) < 4.78 is 0. The molecule has 0 amide bonds. The number of hydrogen-bond donors (Lipinski definition) is 1. The van der Waals surface area contributed by atoms with E-state index in [1.54, 1.807) is 0 Å². The highest BCUT2D eigenvalue weighted by atomic mass is 15.2. The van der Waals surface area contributed by atoms with Gasteiger partial charge in [-0.2, -0.15) is 0 Å². The Bertz CT molecular complexity index is 220. The van der Waals surface area contributed by atoms with Gasteiger partial charge in [-0.15, -0.1) is 0 Å². The van der Waals surface area contributed by atoms with E-state index >= 15 is 0 Å². The molecule has 1 rings (SSSR count). The van der Waals surface area contributed by atoms with E-state index in [0.29, 0.717) is 17.5 Å². The van der Waals surface area contributed by atoms with Crippen molar-refractivity contribution in [2.24, 2.45) is 5.41 Å².